The van der Waals surface area contributed by atoms with Gasteiger partial charge in [-0.25, -0.2) is 8.42 Å². The number of fused-ring (bicyclic) bond motifs is 5. The maximum atomic E-state index is 13.2. The van der Waals surface area contributed by atoms with Crippen molar-refractivity contribution in [2.24, 2.45) is 11.8 Å². The number of benzene rings is 3. The van der Waals surface area contributed by atoms with Gasteiger partial charge in [-0.15, -0.1) is 0 Å². The van der Waals surface area contributed by atoms with Gasteiger partial charge in [0.15, 0.2) is 5.78 Å². The lowest BCUT2D eigenvalue weighted by Crippen LogP contribution is -2.36. The van der Waals surface area contributed by atoms with E-state index in [0.717, 1.165) is 39.5 Å². The average Bonchev–Trinajstić information content (AvgIpc) is 3.40. The van der Waals surface area contributed by atoms with Gasteiger partial charge in [0.2, 0.25) is 15.5 Å². The van der Waals surface area contributed by atoms with E-state index in [1.807, 2.05) is 31.2 Å². The molecule has 10 heteroatoms. The molecule has 5 aliphatic rings. The summed E-state index contributed by atoms with van der Waals surface area (Å²) in [5.41, 5.74) is 5.60. The van der Waals surface area contributed by atoms with Crippen LogP contribution in [0.5, 0.6) is 0 Å². The monoisotopic (exact) mass is 572 g/mol. The minimum absolute atomic E-state index is 0.0125. The van der Waals surface area contributed by atoms with Gasteiger partial charge in [0, 0.05) is 44.9 Å². The molecular formula is C30H22NO7S2-. The van der Waals surface area contributed by atoms with Crippen LogP contribution in [0.25, 0.3) is 16.8 Å². The van der Waals surface area contributed by atoms with Gasteiger partial charge >= 0.3 is 0 Å². The topological polar surface area (TPSA) is 124 Å². The second-order valence-electron chi connectivity index (χ2n) is 11.1. The summed E-state index contributed by atoms with van der Waals surface area (Å²) in [4.78, 5) is 29.2. The number of aliphatic hydroxyl groups excluding tert-OH is 1. The quantitative estimate of drug-likeness (QED) is 0.359. The number of hydrogen-bond acceptors (Lipinski definition) is 9. The zero-order chi connectivity index (χ0) is 27.7. The van der Waals surface area contributed by atoms with E-state index in [1.165, 1.54) is 6.08 Å². The van der Waals surface area contributed by atoms with Crippen LogP contribution in [-0.2, 0) is 19.4 Å². The van der Waals surface area contributed by atoms with Crippen LogP contribution in [-0.4, -0.2) is 41.6 Å². The fraction of sp³-hybridized carbons (Fsp3) is 0.267. The minimum atomic E-state index is -5.13. The van der Waals surface area contributed by atoms with Crippen molar-refractivity contribution in [1.82, 2.24) is 0 Å². The molecule has 1 N–H and O–H groups in total. The van der Waals surface area contributed by atoms with E-state index >= 15 is 0 Å². The van der Waals surface area contributed by atoms with Gasteiger partial charge in [-0.05, 0) is 65.6 Å². The summed E-state index contributed by atoms with van der Waals surface area (Å²) in [5, 5.41) is 11.8. The van der Waals surface area contributed by atoms with Crippen molar-refractivity contribution in [2.75, 3.05) is 11.4 Å². The molecule has 1 saturated heterocycles. The first-order chi connectivity index (χ1) is 19.1. The molecule has 3 aliphatic carbocycles. The fourth-order valence-corrected chi connectivity index (χ4v) is 9.37. The predicted octanol–water partition coefficient (Wildman–Crippen LogP) is 4.41. The molecule has 3 aromatic carbocycles. The van der Waals surface area contributed by atoms with Crippen LogP contribution in [0.2, 0.25) is 0 Å². The summed E-state index contributed by atoms with van der Waals surface area (Å²) in [7, 11) is -5.13. The van der Waals surface area contributed by atoms with Gasteiger partial charge < -0.3 is 14.6 Å². The van der Waals surface area contributed by atoms with Gasteiger partial charge in [0.05, 0.1) is 12.0 Å². The first kappa shape index (κ1) is 24.5. The fourth-order valence-electron chi connectivity index (χ4n) is 7.77. The number of thioether (sulfide) groups is 1. The molecule has 202 valence electrons. The lowest BCUT2D eigenvalue weighted by Gasteiger charge is -2.41. The van der Waals surface area contributed by atoms with E-state index in [9.17, 15) is 27.7 Å². The van der Waals surface area contributed by atoms with Crippen molar-refractivity contribution in [3.63, 3.8) is 0 Å². The van der Waals surface area contributed by atoms with Gasteiger partial charge in [0.1, 0.15) is 12.2 Å². The zero-order valence-electron chi connectivity index (χ0n) is 21.1. The predicted molar refractivity (Wildman–Crippen MR) is 148 cm³/mol. The average molecular weight is 573 g/mol. The third-order valence-corrected chi connectivity index (χ3v) is 10.6. The molecule has 3 aromatic rings. The van der Waals surface area contributed by atoms with E-state index in [0.29, 0.717) is 33.5 Å². The molecule has 0 spiro atoms. The number of ketones is 1. The Bertz CT molecular complexity index is 1880. The summed E-state index contributed by atoms with van der Waals surface area (Å²) in [5.74, 6) is 0.260. The Balaban J connectivity index is 1.36. The Hall–Kier alpha value is -3.28. The molecule has 2 aliphatic heterocycles. The normalized spacial score (nSPS) is 29.6. The number of carbonyl (C=O) groups is 2. The minimum Gasteiger partial charge on any atom is -0.726 e. The number of anilines is 1. The highest BCUT2D eigenvalue weighted by atomic mass is 32.3. The highest BCUT2D eigenvalue weighted by Gasteiger charge is 2.55. The Morgan fingerprint density at radius 2 is 1.90 bits per heavy atom. The van der Waals surface area contributed by atoms with Crippen molar-refractivity contribution in [3.8, 4) is 0 Å². The number of rotatable bonds is 3. The van der Waals surface area contributed by atoms with Crippen LogP contribution < -0.4 is 4.90 Å². The summed E-state index contributed by atoms with van der Waals surface area (Å²) in [6.07, 6.45) is 2.05. The molecule has 0 unspecified atom stereocenters. The van der Waals surface area contributed by atoms with Crippen molar-refractivity contribution >= 4 is 55.6 Å². The van der Waals surface area contributed by atoms with Gasteiger partial charge in [-0.2, -0.15) is 0 Å². The second-order valence-corrected chi connectivity index (χ2v) is 13.1. The third-order valence-electron chi connectivity index (χ3n) is 9.14. The van der Waals surface area contributed by atoms with E-state index in [1.54, 1.807) is 18.2 Å². The molecule has 0 radical (unpaired) electrons. The molecule has 0 amide bonds. The maximum Gasteiger partial charge on any atom is 0.224 e. The molecule has 6 atom stereocenters. The number of aliphatic hydroxyl groups is 1. The molecule has 1 fully saturated rings. The van der Waals surface area contributed by atoms with E-state index in [4.69, 9.17) is 4.18 Å². The van der Waals surface area contributed by atoms with Crippen molar-refractivity contribution in [3.05, 3.63) is 88.0 Å². The Morgan fingerprint density at radius 1 is 1.12 bits per heavy atom. The van der Waals surface area contributed by atoms with Crippen LogP contribution in [0.3, 0.4) is 0 Å². The van der Waals surface area contributed by atoms with Gasteiger partial charge in [0.25, 0.3) is 0 Å². The molecule has 0 aromatic heterocycles. The molecule has 8 rings (SSSR count). The summed E-state index contributed by atoms with van der Waals surface area (Å²) < 4.78 is 39.5. The van der Waals surface area contributed by atoms with Crippen molar-refractivity contribution < 1.29 is 31.8 Å². The largest absolute Gasteiger partial charge is 0.726 e. The van der Waals surface area contributed by atoms with Crippen LogP contribution >= 0.6 is 11.8 Å². The highest BCUT2D eigenvalue weighted by Crippen LogP contribution is 2.60. The van der Waals surface area contributed by atoms with E-state index < -0.39 is 22.6 Å². The van der Waals surface area contributed by atoms with Crippen LogP contribution in [0, 0.1) is 11.8 Å². The molecule has 40 heavy (non-hydrogen) atoms. The number of hydrogen-bond donors (Lipinski definition) is 1. The molecule has 0 saturated carbocycles. The first-order valence-corrected chi connectivity index (χ1v) is 15.2. The third kappa shape index (κ3) is 3.22. The Kier molecular flexibility index (Phi) is 4.99. The van der Waals surface area contributed by atoms with Crippen molar-refractivity contribution in [2.45, 2.75) is 36.0 Å². The molecular weight excluding hydrogens is 550 g/mol. The Morgan fingerprint density at radius 3 is 2.67 bits per heavy atom. The molecule has 4 bridgehead atoms. The molecule has 2 heterocycles. The van der Waals surface area contributed by atoms with Crippen LogP contribution in [0.1, 0.15) is 57.6 Å². The number of carbonyl (C=O) groups excluding carboxylic acids is 2. The van der Waals surface area contributed by atoms with Crippen LogP contribution in [0.4, 0.5) is 5.69 Å². The van der Waals surface area contributed by atoms with Gasteiger partial charge in [-0.3, -0.25) is 13.8 Å². The lowest BCUT2D eigenvalue weighted by atomic mass is 9.62. The highest BCUT2D eigenvalue weighted by molar-refractivity contribution is 8.14. The van der Waals surface area contributed by atoms with Gasteiger partial charge in [-0.1, -0.05) is 42.0 Å². The summed E-state index contributed by atoms with van der Waals surface area (Å²) in [6, 6.07) is 13.8. The standard InChI is InChI=1S/C30H23NO7S2/c1-13-10-22(33)25-15-4-2-3-5-16(15)27-23(13)19(25)12-31(27)20-8-7-17-26-18(20)11-14-6-9-21(32)28(38-40(35,36)37)24(14)29(26)39-30(17)34/h2-11,19,21,23,25,27-28,32H,12H2,1H3,(H,35,36,37)/p-1/t19-,21+,23-,25-,27-,28-/m0/s1. The lowest BCUT2D eigenvalue weighted by molar-refractivity contribution is -0.118. The smallest absolute Gasteiger partial charge is 0.224 e. The maximum absolute atomic E-state index is 13.2. The molecule has 8 nitrogen and oxygen atoms in total. The SMILES string of the molecule is CC1=CC(=O)[C@H]2c3ccccc3[C@H]3[C@@H]1[C@@H]2CN3c1ccc2c3c(c4c(cc13)C=C[C@@H](O)[C@@H]4OS(=O)(=O)[O-])SC2=O. The summed E-state index contributed by atoms with van der Waals surface area (Å²) in [6.45, 7) is 2.71. The van der Waals surface area contributed by atoms with E-state index in [-0.39, 0.29) is 34.7 Å². The first-order valence-electron chi connectivity index (χ1n) is 13.1. The van der Waals surface area contributed by atoms with Crippen LogP contribution in [0.15, 0.2) is 65.1 Å². The number of allylic oxidation sites excluding steroid dienone is 1. The second kappa shape index (κ2) is 8.14. The van der Waals surface area contributed by atoms with E-state index in [2.05, 4.69) is 17.0 Å². The number of nitrogens with zero attached hydrogens (tertiary/aromatic N) is 1. The summed E-state index contributed by atoms with van der Waals surface area (Å²) >= 11 is 0.958. The van der Waals surface area contributed by atoms with Crippen molar-refractivity contribution in [1.29, 1.82) is 0 Å². The Labute approximate surface area is 234 Å². The zero-order valence-corrected chi connectivity index (χ0v) is 22.7.